The molecule has 0 bridgehead atoms. The van der Waals surface area contributed by atoms with Crippen molar-refractivity contribution < 1.29 is 4.42 Å². The molecule has 2 N–H and O–H groups in total. The first-order valence-corrected chi connectivity index (χ1v) is 6.31. The third-order valence-corrected chi connectivity index (χ3v) is 3.91. The summed E-state index contributed by atoms with van der Waals surface area (Å²) in [6.07, 6.45) is 0. The minimum Gasteiger partial charge on any atom is -0.466 e. The van der Waals surface area contributed by atoms with Crippen molar-refractivity contribution >= 4 is 0 Å². The molecule has 1 atom stereocenters. The molecule has 0 aliphatic heterocycles. The number of aryl methyl sites for hydroxylation is 3. The summed E-state index contributed by atoms with van der Waals surface area (Å²) in [4.78, 5) is 0. The fraction of sp³-hybridized carbons (Fsp3) is 0.375. The van der Waals surface area contributed by atoms with Crippen molar-refractivity contribution in [1.29, 1.82) is 0 Å². The summed E-state index contributed by atoms with van der Waals surface area (Å²) in [6.45, 7) is 10.3. The maximum Gasteiger partial charge on any atom is 0.106 e. The minimum atomic E-state index is -0.109. The number of hydrogen-bond donors (Lipinski definition) is 1. The Morgan fingerprint density at radius 1 is 0.944 bits per heavy atom. The van der Waals surface area contributed by atoms with Gasteiger partial charge in [-0.25, -0.2) is 0 Å². The summed E-state index contributed by atoms with van der Waals surface area (Å²) in [7, 11) is 0. The lowest BCUT2D eigenvalue weighted by molar-refractivity contribution is 0.498. The highest BCUT2D eigenvalue weighted by Crippen LogP contribution is 2.31. The molecule has 96 valence electrons. The molecular weight excluding hydrogens is 222 g/mol. The van der Waals surface area contributed by atoms with Crippen LogP contribution < -0.4 is 5.73 Å². The zero-order valence-electron chi connectivity index (χ0n) is 11.8. The minimum absolute atomic E-state index is 0.109. The Morgan fingerprint density at radius 3 is 2.17 bits per heavy atom. The average molecular weight is 243 g/mol. The second-order valence-corrected chi connectivity index (χ2v) is 5.02. The van der Waals surface area contributed by atoms with Crippen LogP contribution in [0.15, 0.2) is 22.6 Å². The smallest absolute Gasteiger partial charge is 0.106 e. The van der Waals surface area contributed by atoms with Crippen molar-refractivity contribution in [2.75, 3.05) is 0 Å². The van der Waals surface area contributed by atoms with E-state index in [1.54, 1.807) is 0 Å². The van der Waals surface area contributed by atoms with Crippen molar-refractivity contribution in [2.45, 2.75) is 40.7 Å². The Labute approximate surface area is 109 Å². The highest BCUT2D eigenvalue weighted by atomic mass is 16.3. The van der Waals surface area contributed by atoms with E-state index in [4.69, 9.17) is 10.2 Å². The van der Waals surface area contributed by atoms with Crippen molar-refractivity contribution in [3.05, 3.63) is 57.5 Å². The van der Waals surface area contributed by atoms with E-state index in [1.165, 1.54) is 22.3 Å². The third kappa shape index (κ3) is 1.97. The third-order valence-electron chi connectivity index (χ3n) is 3.91. The van der Waals surface area contributed by atoms with Gasteiger partial charge in [0.15, 0.2) is 0 Å². The van der Waals surface area contributed by atoms with E-state index < -0.39 is 0 Å². The number of benzene rings is 1. The second kappa shape index (κ2) is 4.62. The van der Waals surface area contributed by atoms with E-state index in [1.807, 2.05) is 13.8 Å². The first-order valence-electron chi connectivity index (χ1n) is 6.31. The van der Waals surface area contributed by atoms with E-state index in [9.17, 15) is 0 Å². The zero-order valence-corrected chi connectivity index (χ0v) is 11.8. The molecule has 0 saturated carbocycles. The molecule has 0 aliphatic carbocycles. The van der Waals surface area contributed by atoms with Gasteiger partial charge in [-0.15, -0.1) is 0 Å². The quantitative estimate of drug-likeness (QED) is 0.869. The van der Waals surface area contributed by atoms with Crippen molar-refractivity contribution in [1.82, 2.24) is 0 Å². The zero-order chi connectivity index (χ0) is 13.4. The predicted molar refractivity (Wildman–Crippen MR) is 74.9 cm³/mol. The van der Waals surface area contributed by atoms with Crippen LogP contribution in [0.2, 0.25) is 0 Å². The topological polar surface area (TPSA) is 39.2 Å². The van der Waals surface area contributed by atoms with Crippen LogP contribution in [0.1, 0.15) is 45.4 Å². The molecule has 0 amide bonds. The van der Waals surface area contributed by atoms with Gasteiger partial charge in [0.25, 0.3) is 0 Å². The molecule has 2 rings (SSSR count). The first-order chi connectivity index (χ1) is 8.43. The number of furan rings is 1. The van der Waals surface area contributed by atoms with Gasteiger partial charge in [-0.2, -0.15) is 0 Å². The van der Waals surface area contributed by atoms with Crippen LogP contribution in [0.3, 0.4) is 0 Å². The largest absolute Gasteiger partial charge is 0.466 e. The summed E-state index contributed by atoms with van der Waals surface area (Å²) < 4.78 is 5.68. The van der Waals surface area contributed by atoms with Crippen molar-refractivity contribution in [2.24, 2.45) is 5.73 Å². The van der Waals surface area contributed by atoms with Gasteiger partial charge in [-0.3, -0.25) is 0 Å². The lowest BCUT2D eigenvalue weighted by Gasteiger charge is -2.17. The van der Waals surface area contributed by atoms with Crippen LogP contribution in [0.5, 0.6) is 0 Å². The number of nitrogens with two attached hydrogens (primary N) is 1. The highest BCUT2D eigenvalue weighted by molar-refractivity contribution is 5.44. The first kappa shape index (κ1) is 12.9. The molecule has 2 nitrogen and oxygen atoms in total. The Bertz CT molecular complexity index is 581. The van der Waals surface area contributed by atoms with E-state index in [2.05, 4.69) is 39.0 Å². The fourth-order valence-corrected chi connectivity index (χ4v) is 2.53. The Kier molecular flexibility index (Phi) is 3.31. The van der Waals surface area contributed by atoms with Gasteiger partial charge in [-0.05, 0) is 56.9 Å². The van der Waals surface area contributed by atoms with Crippen LogP contribution in [0, 0.1) is 34.6 Å². The SMILES string of the molecule is Cc1cccc(C(N)c2c(C)oc(C)c2C)c1C. The molecule has 0 saturated heterocycles. The van der Waals surface area contributed by atoms with Crippen LogP contribution in [-0.4, -0.2) is 0 Å². The maximum absolute atomic E-state index is 6.44. The highest BCUT2D eigenvalue weighted by Gasteiger charge is 2.20. The molecule has 0 spiro atoms. The standard InChI is InChI=1S/C16H21NO/c1-9-7-6-8-14(10(9)2)16(17)15-11(3)12(4)18-13(15)5/h6-8,16H,17H2,1-5H3. The molecule has 1 unspecified atom stereocenters. The summed E-state index contributed by atoms with van der Waals surface area (Å²) in [5.41, 5.74) is 12.5. The molecule has 2 heteroatoms. The van der Waals surface area contributed by atoms with Crippen LogP contribution in [0.4, 0.5) is 0 Å². The van der Waals surface area contributed by atoms with E-state index in [0.717, 1.165) is 17.1 Å². The molecule has 18 heavy (non-hydrogen) atoms. The van der Waals surface area contributed by atoms with E-state index >= 15 is 0 Å². The van der Waals surface area contributed by atoms with Gasteiger partial charge in [0.1, 0.15) is 11.5 Å². The summed E-state index contributed by atoms with van der Waals surface area (Å²) in [6, 6.07) is 6.18. The normalized spacial score (nSPS) is 12.8. The van der Waals surface area contributed by atoms with Gasteiger partial charge in [0.2, 0.25) is 0 Å². The van der Waals surface area contributed by atoms with Gasteiger partial charge >= 0.3 is 0 Å². The van der Waals surface area contributed by atoms with Crippen LogP contribution in [-0.2, 0) is 0 Å². The molecular formula is C16H21NO. The molecule has 1 aromatic carbocycles. The van der Waals surface area contributed by atoms with Crippen molar-refractivity contribution in [3.8, 4) is 0 Å². The maximum atomic E-state index is 6.44. The Balaban J connectivity index is 2.54. The van der Waals surface area contributed by atoms with E-state index in [0.29, 0.717) is 0 Å². The van der Waals surface area contributed by atoms with Gasteiger partial charge in [-0.1, -0.05) is 18.2 Å². The summed E-state index contributed by atoms with van der Waals surface area (Å²) in [5, 5.41) is 0. The van der Waals surface area contributed by atoms with Crippen LogP contribution in [0.25, 0.3) is 0 Å². The van der Waals surface area contributed by atoms with Gasteiger partial charge in [0.05, 0.1) is 6.04 Å². The monoisotopic (exact) mass is 243 g/mol. The average Bonchev–Trinajstić information content (AvgIpc) is 2.56. The molecule has 2 aromatic rings. The molecule has 0 aliphatic rings. The second-order valence-electron chi connectivity index (χ2n) is 5.02. The fourth-order valence-electron chi connectivity index (χ4n) is 2.53. The molecule has 0 fully saturated rings. The van der Waals surface area contributed by atoms with Crippen LogP contribution >= 0.6 is 0 Å². The summed E-state index contributed by atoms with van der Waals surface area (Å²) in [5.74, 6) is 1.89. The van der Waals surface area contributed by atoms with Gasteiger partial charge < -0.3 is 10.2 Å². The Morgan fingerprint density at radius 2 is 1.61 bits per heavy atom. The number of rotatable bonds is 2. The molecule has 0 radical (unpaired) electrons. The van der Waals surface area contributed by atoms with E-state index in [-0.39, 0.29) is 6.04 Å². The predicted octanol–water partition coefficient (Wildman–Crippen LogP) is 3.87. The molecule has 1 aromatic heterocycles. The lowest BCUT2D eigenvalue weighted by Crippen LogP contribution is -2.15. The summed E-state index contributed by atoms with van der Waals surface area (Å²) >= 11 is 0. The van der Waals surface area contributed by atoms with Crippen molar-refractivity contribution in [3.63, 3.8) is 0 Å². The van der Waals surface area contributed by atoms with Gasteiger partial charge in [0, 0.05) is 5.56 Å². The Hall–Kier alpha value is -1.54. The number of hydrogen-bond acceptors (Lipinski definition) is 2. The lowest BCUT2D eigenvalue weighted by atomic mass is 9.91. The molecule has 1 heterocycles.